The molecular weight excluding hydrogens is 264 g/mol. The van der Waals surface area contributed by atoms with Gasteiger partial charge in [-0.2, -0.15) is 0 Å². The van der Waals surface area contributed by atoms with E-state index < -0.39 is 0 Å². The molecule has 1 aromatic heterocycles. The van der Waals surface area contributed by atoms with Crippen molar-refractivity contribution in [2.45, 2.75) is 26.2 Å². The lowest BCUT2D eigenvalue weighted by Crippen LogP contribution is -2.23. The summed E-state index contributed by atoms with van der Waals surface area (Å²) < 4.78 is 11.0. The summed E-state index contributed by atoms with van der Waals surface area (Å²) in [4.78, 5) is 4.52. The average Bonchev–Trinajstić information content (AvgIpc) is 3.00. The van der Waals surface area contributed by atoms with Gasteiger partial charge in [0.1, 0.15) is 11.4 Å². The summed E-state index contributed by atoms with van der Waals surface area (Å²) in [5, 5.41) is 3.50. The number of nitrogens with zero attached hydrogens (tertiary/aromatic N) is 1. The van der Waals surface area contributed by atoms with E-state index in [9.17, 15) is 0 Å². The molecule has 0 spiro atoms. The van der Waals surface area contributed by atoms with Gasteiger partial charge in [0.05, 0.1) is 26.4 Å². The van der Waals surface area contributed by atoms with Gasteiger partial charge in [-0.1, -0.05) is 25.1 Å². The second-order valence-electron chi connectivity index (χ2n) is 5.10. The molecular formula is C17H20N2O2. The van der Waals surface area contributed by atoms with E-state index in [1.54, 1.807) is 13.3 Å². The maximum Gasteiger partial charge on any atom is 0.142 e. The average molecular weight is 284 g/mol. The quantitative estimate of drug-likeness (QED) is 0.917. The lowest BCUT2D eigenvalue weighted by atomic mass is 9.98. The van der Waals surface area contributed by atoms with E-state index in [0.717, 1.165) is 18.0 Å². The molecule has 1 atom stereocenters. The topological polar surface area (TPSA) is 43.4 Å². The first-order valence-electron chi connectivity index (χ1n) is 7.25. The van der Waals surface area contributed by atoms with Crippen molar-refractivity contribution in [3.8, 4) is 5.75 Å². The summed E-state index contributed by atoms with van der Waals surface area (Å²) in [5.41, 5.74) is 4.66. The number of rotatable bonds is 5. The van der Waals surface area contributed by atoms with Crippen LogP contribution in [0.15, 0.2) is 36.5 Å². The molecule has 0 aliphatic carbocycles. The molecule has 1 aromatic carbocycles. The lowest BCUT2D eigenvalue weighted by Gasteiger charge is -2.20. The van der Waals surface area contributed by atoms with Gasteiger partial charge in [0, 0.05) is 6.20 Å². The number of benzene rings is 1. The fraction of sp³-hybridized carbons (Fsp3) is 0.353. The largest absolute Gasteiger partial charge is 0.495 e. The number of pyridine rings is 1. The van der Waals surface area contributed by atoms with Crippen LogP contribution in [0, 0.1) is 0 Å². The summed E-state index contributed by atoms with van der Waals surface area (Å²) >= 11 is 0. The van der Waals surface area contributed by atoms with Crippen molar-refractivity contribution in [2.75, 3.05) is 13.7 Å². The molecule has 1 N–H and O–H groups in total. The molecule has 4 heteroatoms. The highest BCUT2D eigenvalue weighted by Gasteiger charge is 2.21. The molecule has 1 unspecified atom stereocenters. The van der Waals surface area contributed by atoms with E-state index in [-0.39, 0.29) is 6.04 Å². The molecule has 0 saturated carbocycles. The zero-order valence-electron chi connectivity index (χ0n) is 12.4. The Morgan fingerprint density at radius 1 is 1.29 bits per heavy atom. The molecule has 110 valence electrons. The number of ether oxygens (including phenoxy) is 2. The Morgan fingerprint density at radius 3 is 2.95 bits per heavy atom. The van der Waals surface area contributed by atoms with Crippen LogP contribution in [0.3, 0.4) is 0 Å². The summed E-state index contributed by atoms with van der Waals surface area (Å²) in [6.45, 7) is 4.37. The summed E-state index contributed by atoms with van der Waals surface area (Å²) in [5.74, 6) is 0.806. The van der Waals surface area contributed by atoms with Gasteiger partial charge in [-0.3, -0.25) is 4.98 Å². The van der Waals surface area contributed by atoms with Gasteiger partial charge in [0.25, 0.3) is 0 Å². The summed E-state index contributed by atoms with van der Waals surface area (Å²) in [6.07, 6.45) is 1.80. The van der Waals surface area contributed by atoms with Gasteiger partial charge >= 0.3 is 0 Å². The Morgan fingerprint density at radius 2 is 2.14 bits per heavy atom. The molecule has 4 nitrogen and oxygen atoms in total. The predicted molar refractivity (Wildman–Crippen MR) is 81.2 cm³/mol. The fourth-order valence-corrected chi connectivity index (χ4v) is 2.74. The number of aromatic nitrogens is 1. The van der Waals surface area contributed by atoms with Crippen molar-refractivity contribution >= 4 is 0 Å². The molecule has 2 heterocycles. The molecule has 1 aliphatic rings. The van der Waals surface area contributed by atoms with E-state index in [4.69, 9.17) is 9.47 Å². The number of nitrogens with one attached hydrogen (secondary N) is 1. The van der Waals surface area contributed by atoms with E-state index in [2.05, 4.69) is 35.4 Å². The fourth-order valence-electron chi connectivity index (χ4n) is 2.74. The Kier molecular flexibility index (Phi) is 4.18. The number of hydrogen-bond donors (Lipinski definition) is 1. The second-order valence-corrected chi connectivity index (χ2v) is 5.10. The second kappa shape index (κ2) is 6.24. The van der Waals surface area contributed by atoms with Gasteiger partial charge in [0.2, 0.25) is 0 Å². The molecule has 3 rings (SSSR count). The normalized spacial score (nSPS) is 14.8. The molecule has 0 saturated heterocycles. The minimum Gasteiger partial charge on any atom is -0.495 e. The van der Waals surface area contributed by atoms with Crippen molar-refractivity contribution < 1.29 is 9.47 Å². The van der Waals surface area contributed by atoms with Crippen molar-refractivity contribution in [1.82, 2.24) is 10.3 Å². The molecule has 0 bridgehead atoms. The van der Waals surface area contributed by atoms with Crippen LogP contribution < -0.4 is 10.1 Å². The highest BCUT2D eigenvalue weighted by atomic mass is 16.5. The Bertz CT molecular complexity index is 628. The number of methoxy groups -OCH3 is 1. The highest BCUT2D eigenvalue weighted by molar-refractivity contribution is 5.41. The van der Waals surface area contributed by atoms with Crippen molar-refractivity contribution in [1.29, 1.82) is 0 Å². The Hall–Kier alpha value is -1.91. The van der Waals surface area contributed by atoms with E-state index >= 15 is 0 Å². The van der Waals surface area contributed by atoms with Crippen LogP contribution in [0.1, 0.15) is 35.3 Å². The maximum absolute atomic E-state index is 5.50. The van der Waals surface area contributed by atoms with Crippen molar-refractivity contribution in [2.24, 2.45) is 0 Å². The van der Waals surface area contributed by atoms with Gasteiger partial charge in [-0.25, -0.2) is 0 Å². The standard InChI is InChI=1S/C17H20N2O2/c1-3-18-16(17-15(20-2)5-4-8-19-17)12-6-7-13-10-21-11-14(13)9-12/h4-9,16,18H,3,10-11H2,1-2H3. The Balaban J connectivity index is 2.01. The lowest BCUT2D eigenvalue weighted by molar-refractivity contribution is 0.134. The number of fused-ring (bicyclic) bond motifs is 1. The maximum atomic E-state index is 5.50. The van der Waals surface area contributed by atoms with E-state index in [0.29, 0.717) is 13.2 Å². The Labute approximate surface area is 125 Å². The van der Waals surface area contributed by atoms with Crippen molar-refractivity contribution in [3.63, 3.8) is 0 Å². The van der Waals surface area contributed by atoms with Crippen molar-refractivity contribution in [3.05, 3.63) is 58.9 Å². The van der Waals surface area contributed by atoms with Crippen LogP contribution in [0.5, 0.6) is 5.75 Å². The first kappa shape index (κ1) is 14.0. The molecule has 21 heavy (non-hydrogen) atoms. The third-order valence-corrected chi connectivity index (χ3v) is 3.78. The number of hydrogen-bond acceptors (Lipinski definition) is 4. The van der Waals surface area contributed by atoms with Crippen LogP contribution in [-0.4, -0.2) is 18.6 Å². The smallest absolute Gasteiger partial charge is 0.142 e. The predicted octanol–water partition coefficient (Wildman–Crippen LogP) is 2.82. The minimum atomic E-state index is 0.0250. The first-order chi connectivity index (χ1) is 10.3. The van der Waals surface area contributed by atoms with Gasteiger partial charge in [-0.05, 0) is 35.4 Å². The molecule has 0 fully saturated rings. The van der Waals surface area contributed by atoms with E-state index in [1.807, 2.05) is 12.1 Å². The van der Waals surface area contributed by atoms with Gasteiger partial charge < -0.3 is 14.8 Å². The third-order valence-electron chi connectivity index (χ3n) is 3.78. The third kappa shape index (κ3) is 2.77. The van der Waals surface area contributed by atoms with Gasteiger partial charge in [0.15, 0.2) is 0 Å². The highest BCUT2D eigenvalue weighted by Crippen LogP contribution is 2.30. The van der Waals surface area contributed by atoms with E-state index in [1.165, 1.54) is 16.7 Å². The zero-order chi connectivity index (χ0) is 14.7. The molecule has 0 radical (unpaired) electrons. The summed E-state index contributed by atoms with van der Waals surface area (Å²) in [6, 6.07) is 10.4. The molecule has 1 aliphatic heterocycles. The van der Waals surface area contributed by atoms with Crippen LogP contribution in [0.2, 0.25) is 0 Å². The first-order valence-corrected chi connectivity index (χ1v) is 7.25. The van der Waals surface area contributed by atoms with Crippen LogP contribution in [-0.2, 0) is 18.0 Å². The summed E-state index contributed by atoms with van der Waals surface area (Å²) in [7, 11) is 1.68. The molecule has 2 aromatic rings. The SMILES string of the molecule is CCNC(c1ccc2c(c1)COC2)c1ncccc1OC. The van der Waals surface area contributed by atoms with Crippen LogP contribution in [0.4, 0.5) is 0 Å². The minimum absolute atomic E-state index is 0.0250. The monoisotopic (exact) mass is 284 g/mol. The van der Waals surface area contributed by atoms with Crippen LogP contribution >= 0.6 is 0 Å². The van der Waals surface area contributed by atoms with Crippen LogP contribution in [0.25, 0.3) is 0 Å². The molecule has 0 amide bonds. The zero-order valence-corrected chi connectivity index (χ0v) is 12.4. The van der Waals surface area contributed by atoms with Gasteiger partial charge in [-0.15, -0.1) is 0 Å².